The Hall–Kier alpha value is -0.320. The molecule has 44 heavy (non-hydrogen) atoms. The van der Waals surface area contributed by atoms with Crippen molar-refractivity contribution in [3.63, 3.8) is 0 Å². The molecular weight excluding hydrogens is 560 g/mol. The molecule has 0 bridgehead atoms. The summed E-state index contributed by atoms with van der Waals surface area (Å²) in [6.45, 7) is 14.4. The molecule has 0 radical (unpaired) electrons. The molecule has 0 aliphatic carbocycles. The van der Waals surface area contributed by atoms with Crippen LogP contribution in [-0.2, 0) is 37.9 Å². The topological polar surface area (TPSA) is 73.8 Å². The van der Waals surface area contributed by atoms with E-state index in [2.05, 4.69) is 13.8 Å². The van der Waals surface area contributed by atoms with Crippen LogP contribution < -0.4 is 0 Å². The van der Waals surface area contributed by atoms with Crippen LogP contribution in [0.15, 0.2) is 0 Å². The molecule has 8 nitrogen and oxygen atoms in total. The third-order valence-corrected chi connectivity index (χ3v) is 7.39. The lowest BCUT2D eigenvalue weighted by Gasteiger charge is -2.09. The van der Waals surface area contributed by atoms with Gasteiger partial charge in [0.2, 0.25) is 0 Å². The predicted molar refractivity (Wildman–Crippen MR) is 181 cm³/mol. The van der Waals surface area contributed by atoms with Gasteiger partial charge in [-0.15, -0.1) is 0 Å². The van der Waals surface area contributed by atoms with Crippen LogP contribution in [0, 0.1) is 0 Å². The molecule has 8 heteroatoms. The summed E-state index contributed by atoms with van der Waals surface area (Å²) >= 11 is 0. The van der Waals surface area contributed by atoms with Gasteiger partial charge in [-0.2, -0.15) is 0 Å². The quantitative estimate of drug-likeness (QED) is 0.0624. The first-order valence-corrected chi connectivity index (χ1v) is 18.5. The highest BCUT2D eigenvalue weighted by molar-refractivity contribution is 4.49. The highest BCUT2D eigenvalue weighted by atomic mass is 16.6. The van der Waals surface area contributed by atoms with Gasteiger partial charge in [-0.05, 0) is 12.8 Å². The Labute approximate surface area is 272 Å². The molecule has 0 rings (SSSR count). The van der Waals surface area contributed by atoms with Crippen molar-refractivity contribution in [2.75, 3.05) is 106 Å². The summed E-state index contributed by atoms with van der Waals surface area (Å²) in [5.74, 6) is 0. The second-order valence-electron chi connectivity index (χ2n) is 11.6. The van der Waals surface area contributed by atoms with E-state index in [0.29, 0.717) is 92.5 Å². The van der Waals surface area contributed by atoms with Gasteiger partial charge in [0.25, 0.3) is 0 Å². The van der Waals surface area contributed by atoms with E-state index in [4.69, 9.17) is 37.9 Å². The first-order chi connectivity index (χ1) is 21.9. The van der Waals surface area contributed by atoms with Crippen molar-refractivity contribution in [3.05, 3.63) is 0 Å². The van der Waals surface area contributed by atoms with E-state index in [0.717, 1.165) is 26.1 Å². The van der Waals surface area contributed by atoms with Crippen LogP contribution in [0.25, 0.3) is 0 Å². The van der Waals surface area contributed by atoms with Crippen LogP contribution in [0.3, 0.4) is 0 Å². The Balaban J connectivity index is 3.03. The maximum absolute atomic E-state index is 5.67. The lowest BCUT2D eigenvalue weighted by Crippen LogP contribution is -2.15. The molecule has 0 saturated carbocycles. The predicted octanol–water partition coefficient (Wildman–Crippen LogP) is 8.18. The molecular formula is C36H74O8. The molecule has 0 saturated heterocycles. The monoisotopic (exact) mass is 635 g/mol. The molecule has 266 valence electrons. The van der Waals surface area contributed by atoms with Crippen LogP contribution in [0.2, 0.25) is 0 Å². The van der Waals surface area contributed by atoms with Gasteiger partial charge >= 0.3 is 0 Å². The van der Waals surface area contributed by atoms with Crippen LogP contribution in [-0.4, -0.2) is 106 Å². The highest BCUT2D eigenvalue weighted by Crippen LogP contribution is 2.12. The standard InChI is InChI=1S/C36H74O8/c1-3-5-7-9-10-11-12-13-14-15-16-18-20-22-38-24-26-40-28-30-42-32-34-44-36-35-43-33-31-41-29-27-39-25-23-37-21-19-17-8-6-4-2/h3-36H2,1-2H3. The number of hydrogen-bond donors (Lipinski definition) is 0. The molecule has 0 N–H and O–H groups in total. The van der Waals surface area contributed by atoms with Gasteiger partial charge in [-0.1, -0.05) is 117 Å². The highest BCUT2D eigenvalue weighted by Gasteiger charge is 1.97. The summed E-state index contributed by atoms with van der Waals surface area (Å²) in [7, 11) is 0. The molecule has 0 aromatic rings. The van der Waals surface area contributed by atoms with E-state index in [1.165, 1.54) is 103 Å². The van der Waals surface area contributed by atoms with Gasteiger partial charge in [0.1, 0.15) is 0 Å². The Morgan fingerprint density at radius 2 is 0.341 bits per heavy atom. The Morgan fingerprint density at radius 3 is 0.545 bits per heavy atom. The molecule has 0 aliphatic heterocycles. The van der Waals surface area contributed by atoms with Gasteiger partial charge in [-0.25, -0.2) is 0 Å². The van der Waals surface area contributed by atoms with Crippen molar-refractivity contribution in [2.24, 2.45) is 0 Å². The lowest BCUT2D eigenvalue weighted by atomic mass is 10.0. The van der Waals surface area contributed by atoms with E-state index < -0.39 is 0 Å². The maximum Gasteiger partial charge on any atom is 0.0701 e. The van der Waals surface area contributed by atoms with Gasteiger partial charge < -0.3 is 37.9 Å². The third kappa shape index (κ3) is 41.7. The van der Waals surface area contributed by atoms with E-state index >= 15 is 0 Å². The Kier molecular flexibility index (Phi) is 42.4. The zero-order chi connectivity index (χ0) is 31.7. The van der Waals surface area contributed by atoms with Crippen LogP contribution in [0.4, 0.5) is 0 Å². The molecule has 0 unspecified atom stereocenters. The average Bonchev–Trinajstić information content (AvgIpc) is 3.04. The van der Waals surface area contributed by atoms with Gasteiger partial charge in [0.15, 0.2) is 0 Å². The fourth-order valence-electron chi connectivity index (χ4n) is 4.67. The van der Waals surface area contributed by atoms with Gasteiger partial charge in [0, 0.05) is 13.2 Å². The Morgan fingerprint density at radius 1 is 0.182 bits per heavy atom. The fourth-order valence-corrected chi connectivity index (χ4v) is 4.67. The molecule has 0 atom stereocenters. The van der Waals surface area contributed by atoms with Gasteiger partial charge in [-0.3, -0.25) is 0 Å². The largest absolute Gasteiger partial charge is 0.379 e. The van der Waals surface area contributed by atoms with E-state index in [9.17, 15) is 0 Å². The van der Waals surface area contributed by atoms with E-state index in [1.54, 1.807) is 0 Å². The first kappa shape index (κ1) is 43.7. The van der Waals surface area contributed by atoms with Crippen molar-refractivity contribution >= 4 is 0 Å². The third-order valence-electron chi connectivity index (χ3n) is 7.39. The number of hydrogen-bond acceptors (Lipinski definition) is 8. The summed E-state index contributed by atoms with van der Waals surface area (Å²) < 4.78 is 44.4. The van der Waals surface area contributed by atoms with Crippen molar-refractivity contribution in [2.45, 2.75) is 129 Å². The van der Waals surface area contributed by atoms with Gasteiger partial charge in [0.05, 0.1) is 92.5 Å². The smallest absolute Gasteiger partial charge is 0.0701 e. The van der Waals surface area contributed by atoms with Crippen LogP contribution in [0.1, 0.15) is 129 Å². The average molecular weight is 635 g/mol. The second kappa shape index (κ2) is 42.7. The van der Waals surface area contributed by atoms with Crippen molar-refractivity contribution in [1.82, 2.24) is 0 Å². The van der Waals surface area contributed by atoms with Crippen molar-refractivity contribution in [3.8, 4) is 0 Å². The Bertz CT molecular complexity index is 441. The normalized spacial score (nSPS) is 11.6. The fraction of sp³-hybridized carbons (Fsp3) is 1.00. The van der Waals surface area contributed by atoms with E-state index in [-0.39, 0.29) is 0 Å². The number of rotatable bonds is 41. The lowest BCUT2D eigenvalue weighted by molar-refractivity contribution is -0.0232. The zero-order valence-corrected chi connectivity index (χ0v) is 29.3. The minimum absolute atomic E-state index is 0.554. The molecule has 0 fully saturated rings. The SMILES string of the molecule is CCCCCCCCCCCCCCCOCCOCCOCCOCCOCCOCCOCCOCCCCCCC. The maximum atomic E-state index is 5.67. The first-order valence-electron chi connectivity index (χ1n) is 18.5. The summed E-state index contributed by atoms with van der Waals surface area (Å²) in [5, 5.41) is 0. The molecule has 0 spiro atoms. The molecule has 0 heterocycles. The number of unbranched alkanes of at least 4 members (excludes halogenated alkanes) is 16. The summed E-state index contributed by atoms with van der Waals surface area (Å²) in [5.41, 5.74) is 0. The molecule has 0 aromatic carbocycles. The molecule has 0 aromatic heterocycles. The minimum atomic E-state index is 0.554. The minimum Gasteiger partial charge on any atom is -0.379 e. The second-order valence-corrected chi connectivity index (χ2v) is 11.6. The molecule has 0 aliphatic rings. The number of ether oxygens (including phenoxy) is 8. The summed E-state index contributed by atoms with van der Waals surface area (Å²) in [6, 6.07) is 0. The summed E-state index contributed by atoms with van der Waals surface area (Å²) in [4.78, 5) is 0. The van der Waals surface area contributed by atoms with E-state index in [1.807, 2.05) is 0 Å². The van der Waals surface area contributed by atoms with Crippen LogP contribution >= 0.6 is 0 Å². The summed E-state index contributed by atoms with van der Waals surface area (Å²) in [6.07, 6.45) is 24.2. The van der Waals surface area contributed by atoms with Crippen molar-refractivity contribution < 1.29 is 37.9 Å². The van der Waals surface area contributed by atoms with Crippen LogP contribution in [0.5, 0.6) is 0 Å². The molecule has 0 amide bonds. The zero-order valence-electron chi connectivity index (χ0n) is 29.3. The van der Waals surface area contributed by atoms with Crippen molar-refractivity contribution in [1.29, 1.82) is 0 Å².